The zero-order valence-electron chi connectivity index (χ0n) is 8.81. The minimum atomic E-state index is 0.418. The highest BCUT2D eigenvalue weighted by Gasteiger charge is 2.21. The molecule has 0 spiro atoms. The van der Waals surface area contributed by atoms with Crippen LogP contribution in [0.1, 0.15) is 0 Å². The molecule has 0 bridgehead atoms. The second-order valence-electron chi connectivity index (χ2n) is 3.49. The predicted octanol–water partition coefficient (Wildman–Crippen LogP) is 5.24. The SMILES string of the molecule is Nc1noc(-c2cc(Br)sc2Br)c1-c1cccs1. The van der Waals surface area contributed by atoms with E-state index in [0.717, 1.165) is 23.6 Å². The van der Waals surface area contributed by atoms with Gasteiger partial charge in [0.1, 0.15) is 0 Å². The Hall–Kier alpha value is -0.630. The Balaban J connectivity index is 2.23. The second kappa shape index (κ2) is 4.80. The van der Waals surface area contributed by atoms with Gasteiger partial charge in [0.2, 0.25) is 0 Å². The van der Waals surface area contributed by atoms with Crippen molar-refractivity contribution in [2.75, 3.05) is 5.73 Å². The summed E-state index contributed by atoms with van der Waals surface area (Å²) < 4.78 is 7.40. The molecule has 18 heavy (non-hydrogen) atoms. The lowest BCUT2D eigenvalue weighted by Gasteiger charge is -1.98. The van der Waals surface area contributed by atoms with Gasteiger partial charge in [0.25, 0.3) is 0 Å². The molecule has 3 aromatic heterocycles. The van der Waals surface area contributed by atoms with Crippen molar-refractivity contribution in [1.29, 1.82) is 0 Å². The van der Waals surface area contributed by atoms with Crippen molar-refractivity contribution >= 4 is 60.4 Å². The molecule has 3 aromatic rings. The number of nitrogens with zero attached hydrogens (tertiary/aromatic N) is 1. The third kappa shape index (κ3) is 2.05. The summed E-state index contributed by atoms with van der Waals surface area (Å²) in [6, 6.07) is 5.98. The molecule has 0 aromatic carbocycles. The number of hydrogen-bond acceptors (Lipinski definition) is 5. The van der Waals surface area contributed by atoms with Gasteiger partial charge in [-0.1, -0.05) is 11.2 Å². The van der Waals surface area contributed by atoms with Gasteiger partial charge < -0.3 is 10.3 Å². The molecule has 0 fully saturated rings. The third-order valence-corrected chi connectivity index (χ3v) is 5.61. The summed E-state index contributed by atoms with van der Waals surface area (Å²) in [5.74, 6) is 1.12. The van der Waals surface area contributed by atoms with E-state index in [-0.39, 0.29) is 0 Å². The Labute approximate surface area is 128 Å². The first-order valence-electron chi connectivity index (χ1n) is 4.91. The number of anilines is 1. The Bertz CT molecular complexity index is 688. The number of aromatic nitrogens is 1. The average Bonchev–Trinajstić information content (AvgIpc) is 2.99. The largest absolute Gasteiger partial charge is 0.380 e. The highest BCUT2D eigenvalue weighted by Crippen LogP contribution is 2.45. The summed E-state index contributed by atoms with van der Waals surface area (Å²) in [7, 11) is 0. The molecule has 0 radical (unpaired) electrons. The number of thiophene rings is 2. The minimum absolute atomic E-state index is 0.418. The molecule has 0 aliphatic carbocycles. The molecule has 0 saturated carbocycles. The second-order valence-corrected chi connectivity index (χ2v) is 8.18. The number of hydrogen-bond donors (Lipinski definition) is 1. The van der Waals surface area contributed by atoms with Crippen molar-refractivity contribution < 1.29 is 4.52 Å². The van der Waals surface area contributed by atoms with Crippen molar-refractivity contribution in [2.45, 2.75) is 0 Å². The number of rotatable bonds is 2. The number of halogens is 2. The molecule has 7 heteroatoms. The first-order chi connectivity index (χ1) is 8.66. The lowest BCUT2D eigenvalue weighted by Crippen LogP contribution is -1.86. The van der Waals surface area contributed by atoms with E-state index >= 15 is 0 Å². The van der Waals surface area contributed by atoms with Gasteiger partial charge in [-0.3, -0.25) is 0 Å². The minimum Gasteiger partial charge on any atom is -0.380 e. The van der Waals surface area contributed by atoms with Crippen molar-refractivity contribution in [3.8, 4) is 21.8 Å². The Morgan fingerprint density at radius 3 is 2.78 bits per heavy atom. The maximum absolute atomic E-state index is 5.90. The van der Waals surface area contributed by atoms with Crippen LogP contribution in [0.2, 0.25) is 0 Å². The average molecular weight is 406 g/mol. The lowest BCUT2D eigenvalue weighted by molar-refractivity contribution is 0.436. The molecule has 0 aliphatic heterocycles. The summed E-state index contributed by atoms with van der Waals surface area (Å²) in [6.07, 6.45) is 0. The van der Waals surface area contributed by atoms with Gasteiger partial charge in [0, 0.05) is 10.4 Å². The summed E-state index contributed by atoms with van der Waals surface area (Å²) in [5, 5.41) is 5.88. The van der Waals surface area contributed by atoms with Crippen molar-refractivity contribution in [1.82, 2.24) is 5.16 Å². The molecule has 0 amide bonds. The molecule has 3 rings (SSSR count). The van der Waals surface area contributed by atoms with Crippen molar-refractivity contribution in [3.63, 3.8) is 0 Å². The van der Waals surface area contributed by atoms with Crippen molar-refractivity contribution in [2.24, 2.45) is 0 Å². The van der Waals surface area contributed by atoms with Crippen LogP contribution in [-0.4, -0.2) is 5.16 Å². The van der Waals surface area contributed by atoms with E-state index < -0.39 is 0 Å². The smallest absolute Gasteiger partial charge is 0.179 e. The van der Waals surface area contributed by atoms with Gasteiger partial charge in [-0.2, -0.15) is 0 Å². The first kappa shape index (κ1) is 12.4. The van der Waals surface area contributed by atoms with E-state index in [1.165, 1.54) is 0 Å². The van der Waals surface area contributed by atoms with Crippen LogP contribution < -0.4 is 5.73 Å². The van der Waals surface area contributed by atoms with E-state index in [1.54, 1.807) is 22.7 Å². The highest BCUT2D eigenvalue weighted by molar-refractivity contribution is 9.12. The normalized spacial score (nSPS) is 11.0. The fourth-order valence-corrected chi connectivity index (χ4v) is 5.21. The first-order valence-corrected chi connectivity index (χ1v) is 8.19. The molecule has 2 N–H and O–H groups in total. The van der Waals surface area contributed by atoms with Gasteiger partial charge in [-0.05, 0) is 49.4 Å². The standard InChI is InChI=1S/C11H6Br2N2OS2/c12-7-4-5(10(13)18-7)9-8(11(14)15-16-9)6-2-1-3-17-6/h1-4H,(H2,14,15). The molecular weight excluding hydrogens is 400 g/mol. The number of nitrogens with two attached hydrogens (primary N) is 1. The van der Waals surface area contributed by atoms with E-state index in [2.05, 4.69) is 37.0 Å². The summed E-state index contributed by atoms with van der Waals surface area (Å²) in [6.45, 7) is 0. The zero-order chi connectivity index (χ0) is 12.7. The van der Waals surface area contributed by atoms with Gasteiger partial charge in [0.05, 0.1) is 13.1 Å². The van der Waals surface area contributed by atoms with Crippen LogP contribution in [0.25, 0.3) is 21.8 Å². The molecule has 0 saturated heterocycles. The molecule has 3 heterocycles. The quantitative estimate of drug-likeness (QED) is 0.634. The molecule has 0 atom stereocenters. The maximum Gasteiger partial charge on any atom is 0.179 e. The molecule has 0 aliphatic rings. The van der Waals surface area contributed by atoms with E-state index in [4.69, 9.17) is 10.3 Å². The highest BCUT2D eigenvalue weighted by atomic mass is 79.9. The summed E-state index contributed by atoms with van der Waals surface area (Å²) >= 11 is 10.2. The zero-order valence-corrected chi connectivity index (χ0v) is 13.6. The van der Waals surface area contributed by atoms with Crippen LogP contribution in [0.5, 0.6) is 0 Å². The van der Waals surface area contributed by atoms with Gasteiger partial charge >= 0.3 is 0 Å². The van der Waals surface area contributed by atoms with Crippen LogP contribution in [0.15, 0.2) is 35.7 Å². The van der Waals surface area contributed by atoms with Crippen LogP contribution in [0.4, 0.5) is 5.82 Å². The fourth-order valence-electron chi connectivity index (χ4n) is 1.64. The van der Waals surface area contributed by atoms with Crippen LogP contribution in [-0.2, 0) is 0 Å². The predicted molar refractivity (Wildman–Crippen MR) is 82.9 cm³/mol. The Kier molecular flexibility index (Phi) is 3.31. The Morgan fingerprint density at radius 2 is 2.17 bits per heavy atom. The molecule has 92 valence electrons. The lowest BCUT2D eigenvalue weighted by atomic mass is 10.1. The fraction of sp³-hybridized carbons (Fsp3) is 0. The topological polar surface area (TPSA) is 52.0 Å². The summed E-state index contributed by atoms with van der Waals surface area (Å²) in [5.41, 5.74) is 7.72. The van der Waals surface area contributed by atoms with Crippen LogP contribution >= 0.6 is 54.5 Å². The Morgan fingerprint density at radius 1 is 1.33 bits per heavy atom. The van der Waals surface area contributed by atoms with E-state index in [0.29, 0.717) is 11.6 Å². The van der Waals surface area contributed by atoms with Crippen LogP contribution in [0, 0.1) is 0 Å². The van der Waals surface area contributed by atoms with Gasteiger partial charge in [-0.15, -0.1) is 22.7 Å². The summed E-state index contributed by atoms with van der Waals surface area (Å²) in [4.78, 5) is 1.05. The maximum atomic E-state index is 5.90. The van der Waals surface area contributed by atoms with Crippen molar-refractivity contribution in [3.05, 3.63) is 31.2 Å². The van der Waals surface area contributed by atoms with E-state index in [1.807, 2.05) is 23.6 Å². The molecule has 3 nitrogen and oxygen atoms in total. The van der Waals surface area contributed by atoms with Gasteiger partial charge in [0.15, 0.2) is 11.6 Å². The third-order valence-electron chi connectivity index (χ3n) is 2.39. The van der Waals surface area contributed by atoms with Crippen LogP contribution in [0.3, 0.4) is 0 Å². The molecular formula is C11H6Br2N2OS2. The van der Waals surface area contributed by atoms with Gasteiger partial charge in [-0.25, -0.2) is 0 Å². The molecule has 0 unspecified atom stereocenters. The van der Waals surface area contributed by atoms with E-state index in [9.17, 15) is 0 Å². The number of nitrogen functional groups attached to an aromatic ring is 1. The monoisotopic (exact) mass is 404 g/mol.